The van der Waals surface area contributed by atoms with Crippen molar-refractivity contribution in [2.75, 3.05) is 52.6 Å². The first-order valence-corrected chi connectivity index (χ1v) is 40.2. The van der Waals surface area contributed by atoms with Crippen molar-refractivity contribution in [2.45, 2.75) is 181 Å². The maximum Gasteiger partial charge on any atom is 0.302 e. The van der Waals surface area contributed by atoms with Gasteiger partial charge in [0.05, 0.1) is 35.6 Å². The summed E-state index contributed by atoms with van der Waals surface area (Å²) in [7, 11) is 5.56. The molecule has 3 saturated carbocycles. The van der Waals surface area contributed by atoms with Gasteiger partial charge in [-0.25, -0.2) is 0 Å². The van der Waals surface area contributed by atoms with E-state index in [1.165, 1.54) is 24.5 Å². The number of allylic oxidation sites excluding steroid dienone is 3. The Morgan fingerprint density at radius 3 is 2.64 bits per heavy atom. The highest BCUT2D eigenvalue weighted by Gasteiger charge is 2.59. The number of hydrogen-bond acceptors (Lipinski definition) is 17. The molecule has 2 spiro atoms. The van der Waals surface area contributed by atoms with Gasteiger partial charge in [0, 0.05) is 119 Å². The lowest BCUT2D eigenvalue weighted by atomic mass is 9.53. The van der Waals surface area contributed by atoms with Crippen molar-refractivity contribution in [3.8, 4) is 63.6 Å². The molecule has 2 saturated heterocycles. The summed E-state index contributed by atoms with van der Waals surface area (Å²) in [4.78, 5) is 13.7. The Morgan fingerprint density at radius 2 is 1.79 bits per heavy atom. The lowest BCUT2D eigenvalue weighted by molar-refractivity contribution is -0.141. The molecule has 102 heavy (non-hydrogen) atoms. The second-order valence-electron chi connectivity index (χ2n) is 31.6. The summed E-state index contributed by atoms with van der Waals surface area (Å²) in [6.45, 7) is 4.60. The van der Waals surface area contributed by atoms with E-state index in [-0.39, 0.29) is 90.3 Å². The SMILES string of the molecule is COC[C@@H]1[C@H](CO)CNCc2c(O)c3c(c4c2[C@@H]2C#CC5=C(C=C6C(NCC[C@@H]6C)N5)[C@@H]([C@@H]5CC[C@]6(Cc7cc(O)cc(OCO)c7-c7ccc8c(c76)O[C@H]4[C@H]8COC(C)=O)C5)[C@]4(CCCC[C@@H]4O)c4cccc(c4)C[C@H]1C#C2)C=C[C@@H]1N[C@H]2CCC[C@@H](CSS[C@@H](Cc4ccccc4)[C@@H]1O3)C2. The first-order valence-electron chi connectivity index (χ1n) is 37.8. The van der Waals surface area contributed by atoms with Gasteiger partial charge < -0.3 is 65.2 Å². The molecule has 0 amide bonds. The Hall–Kier alpha value is -6.87. The van der Waals surface area contributed by atoms with Crippen molar-refractivity contribution in [3.63, 3.8) is 0 Å². The molecule has 0 radical (unpaired) electrons. The van der Waals surface area contributed by atoms with E-state index in [1.54, 1.807) is 13.2 Å². The van der Waals surface area contributed by atoms with Crippen LogP contribution in [0.5, 0.6) is 28.7 Å². The topological polar surface area (TPSA) is 212 Å². The zero-order chi connectivity index (χ0) is 69.5. The lowest BCUT2D eigenvalue weighted by Crippen LogP contribution is -2.54. The maximum absolute atomic E-state index is 14.2. The molecule has 7 aliphatic heterocycles. The predicted octanol–water partition coefficient (Wildman–Crippen LogP) is 12.2. The molecule has 1 unspecified atom stereocenters. The number of benzene rings is 5. The summed E-state index contributed by atoms with van der Waals surface area (Å²) >= 11 is 0. The third-order valence-corrected chi connectivity index (χ3v) is 28.8. The van der Waals surface area contributed by atoms with E-state index in [9.17, 15) is 30.3 Å². The van der Waals surface area contributed by atoms with Crippen LogP contribution in [0.15, 0.2) is 108 Å². The number of hydrogen-bond donors (Lipinski definition) is 9. The number of nitrogens with one attached hydrogen (secondary N) is 4. The molecule has 5 aliphatic carbocycles. The second kappa shape index (κ2) is 28.2. The molecule has 12 aliphatic rings. The molecule has 5 aromatic carbocycles. The highest BCUT2D eigenvalue weighted by atomic mass is 33.1. The molecule has 5 fully saturated rings. The Labute approximate surface area is 607 Å². The fraction of sp³-hybridized carbons (Fsp3) is 0.518. The van der Waals surface area contributed by atoms with Gasteiger partial charge in [-0.1, -0.05) is 150 Å². The summed E-state index contributed by atoms with van der Waals surface area (Å²) in [5.74, 6) is 15.8. The van der Waals surface area contributed by atoms with Crippen LogP contribution in [0.25, 0.3) is 17.2 Å². The van der Waals surface area contributed by atoms with E-state index in [0.717, 1.165) is 132 Å². The Kier molecular flexibility index (Phi) is 18.9. The molecule has 7 heterocycles. The van der Waals surface area contributed by atoms with Gasteiger partial charge in [0.15, 0.2) is 18.3 Å². The molecule has 0 aromatic heterocycles. The first-order chi connectivity index (χ1) is 49.8. The number of dihydropyridines is 1. The molecule has 9 N–H and O–H groups in total. The van der Waals surface area contributed by atoms with Gasteiger partial charge in [-0.2, -0.15) is 0 Å². The van der Waals surface area contributed by atoms with E-state index in [1.807, 2.05) is 27.7 Å². The Morgan fingerprint density at radius 1 is 0.902 bits per heavy atom. The highest BCUT2D eigenvalue weighted by Crippen LogP contribution is 2.67. The van der Waals surface area contributed by atoms with Crippen LogP contribution < -0.4 is 35.5 Å². The molecular formula is C85H96N4O11S2. The van der Waals surface area contributed by atoms with Crippen molar-refractivity contribution in [1.82, 2.24) is 21.3 Å². The van der Waals surface area contributed by atoms with Crippen LogP contribution >= 0.6 is 21.6 Å². The molecule has 5 aromatic rings. The number of phenolic OH excluding ortho intramolecular Hbond substituents is 2. The van der Waals surface area contributed by atoms with Crippen LogP contribution in [-0.4, -0.2) is 120 Å². The number of rotatable bonds is 9. The van der Waals surface area contributed by atoms with Crippen LogP contribution in [0.2, 0.25) is 0 Å². The van der Waals surface area contributed by atoms with Gasteiger partial charge in [0.2, 0.25) is 0 Å². The fourth-order valence-electron chi connectivity index (χ4n) is 21.2. The average Bonchev–Trinajstić information content (AvgIpc) is 1.43. The Balaban J connectivity index is 1.01. The summed E-state index contributed by atoms with van der Waals surface area (Å²) in [6, 6.07) is 27.4. The zero-order valence-electron chi connectivity index (χ0n) is 58.7. The smallest absolute Gasteiger partial charge is 0.302 e. The number of carbonyl (C=O) groups excluding carboxylic acids is 1. The van der Waals surface area contributed by atoms with Crippen LogP contribution in [0, 0.1) is 65.1 Å². The number of esters is 1. The molecule has 15 nitrogen and oxygen atoms in total. The normalized spacial score (nSPS) is 33.7. The van der Waals surface area contributed by atoms with Crippen LogP contribution in [0.3, 0.4) is 0 Å². The number of ether oxygens (including phenoxy) is 5. The number of aliphatic hydroxyl groups excluding tert-OH is 3. The second-order valence-corrected chi connectivity index (χ2v) is 34.3. The number of carbonyl (C=O) groups is 1. The molecule has 534 valence electrons. The summed E-state index contributed by atoms with van der Waals surface area (Å²) in [5, 5.41) is 78.2. The van der Waals surface area contributed by atoms with Gasteiger partial charge in [-0.15, -0.1) is 0 Å². The minimum Gasteiger partial charge on any atom is -0.508 e. The van der Waals surface area contributed by atoms with Crippen molar-refractivity contribution < 1.29 is 54.0 Å². The molecular weight excluding hydrogens is 1320 g/mol. The predicted molar refractivity (Wildman–Crippen MR) is 398 cm³/mol. The number of piperidine rings is 1. The Bertz CT molecular complexity index is 4320. The van der Waals surface area contributed by atoms with E-state index in [0.29, 0.717) is 78.7 Å². The van der Waals surface area contributed by atoms with E-state index >= 15 is 0 Å². The standard InChI is InChI=1S/C85H96N4O11S2/c1-47-27-30-87-83-63(47)37-64-68(89-83)24-20-52-18-19-53-31-50-13-9-15-57(32-50)85(28-8-7-17-72(85)94)76(64)54-26-29-84(38-54)39-55-35-59(93)36-70(98-46-91)73(55)61-22-21-60-67(44-97-48(2)92)79(99-80(60)77(61)84)75-62-23-25-69-82(100-81(62)78(95)65(74(52)75)41-86-40-56(42-90)66(53)43-96-3)71(34-49-11-5-4-6-12-49)102-101-45-51-14-10-16-58(33-51)88-69/h4-6,9,11-13,15,21-23,25,32,35-37,47,51-54,56,58,66-67,69,71-72,76,79,82-83,86-91,93-95H,7-8,10,14,16-17,26-31,33-34,38-46H2,1-3H3/t47-,51+,52-,53+,54+,56-,58-,66-,67-,69-,71-,72-,76+,79-,82+,83?,84+,85+/m0/s1. The van der Waals surface area contributed by atoms with E-state index in [2.05, 4.69) is 137 Å². The third-order valence-electron chi connectivity index (χ3n) is 25.8. The fourth-order valence-corrected chi connectivity index (χ4v) is 24.4. The number of fused-ring (bicyclic) bond motifs is 17. The average molecular weight is 1410 g/mol. The number of phenols is 2. The third kappa shape index (κ3) is 12.0. The minimum absolute atomic E-state index is 0.0241. The van der Waals surface area contributed by atoms with Gasteiger partial charge >= 0.3 is 5.97 Å². The molecule has 17 rings (SSSR count). The van der Waals surface area contributed by atoms with Crippen LogP contribution in [0.1, 0.15) is 164 Å². The monoisotopic (exact) mass is 1410 g/mol. The maximum atomic E-state index is 14.2. The quantitative estimate of drug-likeness (QED) is 0.0291. The summed E-state index contributed by atoms with van der Waals surface area (Å²) in [6.07, 6.45) is 17.1. The first kappa shape index (κ1) is 68.3. The van der Waals surface area contributed by atoms with Crippen LogP contribution in [0.4, 0.5) is 0 Å². The largest absolute Gasteiger partial charge is 0.508 e. The van der Waals surface area contributed by atoms with Gasteiger partial charge in [0.25, 0.3) is 0 Å². The number of aromatic hydroxyl groups is 2. The zero-order valence-corrected chi connectivity index (χ0v) is 60.4. The summed E-state index contributed by atoms with van der Waals surface area (Å²) < 4.78 is 35.0. The van der Waals surface area contributed by atoms with Crippen LogP contribution in [-0.2, 0) is 50.9 Å². The molecule has 11 bridgehead atoms. The molecule has 18 atom stereocenters. The highest BCUT2D eigenvalue weighted by molar-refractivity contribution is 8.77. The van der Waals surface area contributed by atoms with Crippen molar-refractivity contribution >= 4 is 33.6 Å². The van der Waals surface area contributed by atoms with Crippen molar-refractivity contribution in [2.24, 2.45) is 41.4 Å². The van der Waals surface area contributed by atoms with Gasteiger partial charge in [-0.3, -0.25) is 10.1 Å². The van der Waals surface area contributed by atoms with Crippen molar-refractivity contribution in [3.05, 3.63) is 163 Å². The number of methoxy groups -OCH3 is 1. The van der Waals surface area contributed by atoms with Crippen molar-refractivity contribution in [1.29, 1.82) is 0 Å². The minimum atomic E-state index is -0.931. The lowest BCUT2D eigenvalue weighted by Gasteiger charge is -2.52. The summed E-state index contributed by atoms with van der Waals surface area (Å²) in [5.41, 5.74) is 12.1. The van der Waals surface area contributed by atoms with E-state index in [4.69, 9.17) is 23.7 Å². The number of aliphatic hydroxyl groups is 3. The van der Waals surface area contributed by atoms with E-state index < -0.39 is 53.7 Å². The molecule has 17 heteroatoms. The van der Waals surface area contributed by atoms with Gasteiger partial charge in [0.1, 0.15) is 48.1 Å². The van der Waals surface area contributed by atoms with Gasteiger partial charge in [-0.05, 0) is 158 Å².